The molecule has 2 nitrogen and oxygen atoms in total. The summed E-state index contributed by atoms with van der Waals surface area (Å²) in [5.41, 5.74) is 4.79. The van der Waals surface area contributed by atoms with Gasteiger partial charge in [-0.1, -0.05) is 244 Å². The van der Waals surface area contributed by atoms with Gasteiger partial charge in [0.05, 0.1) is 0 Å². The molecule has 0 amide bonds. The Hall–Kier alpha value is -2.27. The maximum atomic E-state index is 5.84. The summed E-state index contributed by atoms with van der Waals surface area (Å²) < 4.78 is 2.14. The van der Waals surface area contributed by atoms with Crippen LogP contribution in [0.3, 0.4) is 0 Å². The van der Waals surface area contributed by atoms with Gasteiger partial charge >= 0.3 is 0 Å². The molecule has 2 aromatic rings. The molecule has 0 aliphatic rings. The van der Waals surface area contributed by atoms with Gasteiger partial charge in [0.1, 0.15) is 6.54 Å². The number of anilines is 1. The van der Waals surface area contributed by atoms with E-state index in [0.717, 1.165) is 12.2 Å². The molecule has 1 aromatic heterocycles. The van der Waals surface area contributed by atoms with Crippen LogP contribution in [0.5, 0.6) is 0 Å². The summed E-state index contributed by atoms with van der Waals surface area (Å²) in [7, 11) is 0. The van der Waals surface area contributed by atoms with Crippen LogP contribution in [0.15, 0.2) is 42.6 Å². The van der Waals surface area contributed by atoms with Crippen molar-refractivity contribution in [2.24, 2.45) is 0 Å². The van der Waals surface area contributed by atoms with Gasteiger partial charge in [-0.05, 0) is 48.9 Å². The van der Waals surface area contributed by atoms with E-state index in [9.17, 15) is 0 Å². The highest BCUT2D eigenvalue weighted by Gasteiger charge is 2.11. The monoisotopic (exact) mass is 784 g/mol. The Bertz CT molecular complexity index is 1150. The topological polar surface area (TPSA) is 7.12 Å². The van der Waals surface area contributed by atoms with E-state index in [1.54, 1.807) is 0 Å². The highest BCUT2D eigenvalue weighted by Crippen LogP contribution is 2.25. The van der Waals surface area contributed by atoms with Crippen LogP contribution in [-0.2, 0) is 6.54 Å². The normalized spacial score (nSPS) is 11.3. The number of aryl methyl sites for hydroxylation is 1. The largest absolute Gasteiger partial charge is 0.372 e. The number of aromatic nitrogens is 1. The lowest BCUT2D eigenvalue weighted by Crippen LogP contribution is -2.35. The van der Waals surface area contributed by atoms with Crippen LogP contribution in [0.4, 0.5) is 5.69 Å². The van der Waals surface area contributed by atoms with Crippen molar-refractivity contribution in [3.8, 4) is 23.5 Å². The minimum atomic E-state index is 0.895. The van der Waals surface area contributed by atoms with E-state index in [-0.39, 0.29) is 0 Å². The average Bonchev–Trinajstić information content (AvgIpc) is 3.24. The van der Waals surface area contributed by atoms with Gasteiger partial charge in [0.15, 0.2) is 6.20 Å². The molecule has 2 rings (SSSR count). The number of unbranched alkanes of at least 4 members (excludes halogenated alkanes) is 34. The molecule has 1 aromatic carbocycles. The van der Waals surface area contributed by atoms with Gasteiger partial charge < -0.3 is 4.90 Å². The van der Waals surface area contributed by atoms with E-state index in [1.807, 2.05) is 0 Å². The van der Waals surface area contributed by atoms with E-state index in [0.29, 0.717) is 0 Å². The number of pyridine rings is 1. The van der Waals surface area contributed by atoms with Crippen LogP contribution in [-0.4, -0.2) is 13.1 Å². The molecule has 0 aliphatic heterocycles. The minimum Gasteiger partial charge on any atom is -0.372 e. The molecular weight excluding hydrogens is 689 g/mol. The minimum absolute atomic E-state index is 0.895. The maximum Gasteiger partial charge on any atom is 0.257 e. The zero-order chi connectivity index (χ0) is 40.7. The quantitative estimate of drug-likeness (QED) is 0.0370. The van der Waals surface area contributed by atoms with Gasteiger partial charge in [0.2, 0.25) is 0 Å². The highest BCUT2D eigenvalue weighted by molar-refractivity contribution is 5.66. The first-order valence-corrected chi connectivity index (χ1v) is 25.6. The lowest BCUT2D eigenvalue weighted by molar-refractivity contribution is -0.695. The van der Waals surface area contributed by atoms with Crippen LogP contribution in [0.1, 0.15) is 258 Å². The van der Waals surface area contributed by atoms with Crippen LogP contribution in [0.2, 0.25) is 0 Å². The van der Waals surface area contributed by atoms with Crippen molar-refractivity contribution in [1.82, 2.24) is 0 Å². The zero-order valence-corrected chi connectivity index (χ0v) is 38.6. The van der Waals surface area contributed by atoms with Gasteiger partial charge in [-0.3, -0.25) is 0 Å². The van der Waals surface area contributed by atoms with Crippen molar-refractivity contribution in [3.63, 3.8) is 0 Å². The molecule has 324 valence electrons. The summed E-state index contributed by atoms with van der Waals surface area (Å²) in [6, 6.07) is 13.7. The lowest BCUT2D eigenvalue weighted by Gasteiger charge is -2.25. The van der Waals surface area contributed by atoms with E-state index in [1.165, 1.54) is 261 Å². The third kappa shape index (κ3) is 27.2. The zero-order valence-electron chi connectivity index (χ0n) is 38.6. The number of nitrogens with zero attached hydrogens (tertiary/aromatic N) is 2. The van der Waals surface area contributed by atoms with Crippen LogP contribution >= 0.6 is 0 Å². The first kappa shape index (κ1) is 50.9. The summed E-state index contributed by atoms with van der Waals surface area (Å²) in [6.45, 7) is 10.0. The lowest BCUT2D eigenvalue weighted by atomic mass is 10.0. The molecule has 0 unspecified atom stereocenters. The Morgan fingerprint density at radius 1 is 0.404 bits per heavy atom. The Morgan fingerprint density at radius 2 is 0.719 bits per heavy atom. The molecule has 0 radical (unpaired) electrons. The number of hydrogen-bond donors (Lipinski definition) is 0. The number of rotatable bonds is 41. The summed E-state index contributed by atoms with van der Waals surface area (Å²) in [5, 5.41) is 0. The van der Waals surface area contributed by atoms with Gasteiger partial charge in [0, 0.05) is 30.9 Å². The Labute approximate surface area is 357 Å². The van der Waals surface area contributed by atoms with E-state index < -0.39 is 0 Å². The van der Waals surface area contributed by atoms with Crippen LogP contribution in [0, 0.1) is 12.3 Å². The third-order valence-electron chi connectivity index (χ3n) is 12.7. The molecule has 0 N–H and O–H groups in total. The third-order valence-corrected chi connectivity index (χ3v) is 12.7. The molecule has 57 heavy (non-hydrogen) atoms. The van der Waals surface area contributed by atoms with Gasteiger partial charge in [0.25, 0.3) is 5.69 Å². The second-order valence-corrected chi connectivity index (χ2v) is 17.8. The standard InChI is InChI=1S/C55H95N2/c1-5-9-11-13-15-17-19-21-23-25-27-29-31-33-35-37-39-41-48-57(55-45-43-52(44-46-55)53-47-50-56(8-4)54(7-3)51-53)49-42-40-38-36-34-32-30-28-26-24-22-20-18-16-14-12-10-6-2/h3,43-47,50-51H,5-6,8-42,48-49H2,1-2,4H3/q+1. The molecule has 2 heteroatoms. The average molecular weight is 784 g/mol. The molecular formula is C55H95N2+. The molecule has 0 saturated carbocycles. The smallest absolute Gasteiger partial charge is 0.257 e. The molecule has 0 spiro atoms. The van der Waals surface area contributed by atoms with Crippen molar-refractivity contribution in [2.75, 3.05) is 18.0 Å². The SMILES string of the molecule is C#Cc1cc(-c2ccc(N(CCCCCCCCCCCCCCCCCCCC)CCCCCCCCCCCCCCCCCCCC)cc2)cc[n+]1CC. The predicted octanol–water partition coefficient (Wildman–Crippen LogP) is 17.5. The summed E-state index contributed by atoms with van der Waals surface area (Å²) in [4.78, 5) is 2.69. The summed E-state index contributed by atoms with van der Waals surface area (Å²) >= 11 is 0. The predicted molar refractivity (Wildman–Crippen MR) is 255 cm³/mol. The van der Waals surface area contributed by atoms with E-state index >= 15 is 0 Å². The highest BCUT2D eigenvalue weighted by atomic mass is 15.1. The van der Waals surface area contributed by atoms with Crippen molar-refractivity contribution in [1.29, 1.82) is 0 Å². The Kier molecular flexibility index (Phi) is 33.9. The fourth-order valence-electron chi connectivity index (χ4n) is 8.75. The second kappa shape index (κ2) is 38.0. The first-order chi connectivity index (χ1) is 28.2. The number of terminal acetylenes is 1. The van der Waals surface area contributed by atoms with E-state index in [4.69, 9.17) is 6.42 Å². The Morgan fingerprint density at radius 3 is 1.02 bits per heavy atom. The van der Waals surface area contributed by atoms with Crippen molar-refractivity contribution < 1.29 is 4.57 Å². The molecule has 0 bridgehead atoms. The van der Waals surface area contributed by atoms with Gasteiger partial charge in [-0.2, -0.15) is 4.57 Å². The van der Waals surface area contributed by atoms with E-state index in [2.05, 4.69) is 78.8 Å². The van der Waals surface area contributed by atoms with Gasteiger partial charge in [-0.15, -0.1) is 6.42 Å². The Balaban J connectivity index is 1.63. The fraction of sp³-hybridized carbons (Fsp3) is 0.764. The molecule has 0 atom stereocenters. The summed E-state index contributed by atoms with van der Waals surface area (Å²) in [6.07, 6.45) is 59.5. The van der Waals surface area contributed by atoms with Crippen molar-refractivity contribution in [2.45, 2.75) is 258 Å². The molecule has 0 aliphatic carbocycles. The fourth-order valence-corrected chi connectivity index (χ4v) is 8.75. The van der Waals surface area contributed by atoms with Crippen molar-refractivity contribution >= 4 is 5.69 Å². The van der Waals surface area contributed by atoms with Gasteiger partial charge in [-0.25, -0.2) is 0 Å². The molecule has 0 fully saturated rings. The van der Waals surface area contributed by atoms with Crippen molar-refractivity contribution in [3.05, 3.63) is 48.3 Å². The van der Waals surface area contributed by atoms with Crippen LogP contribution < -0.4 is 9.47 Å². The number of benzene rings is 1. The maximum absolute atomic E-state index is 5.84. The second-order valence-electron chi connectivity index (χ2n) is 17.8. The number of hydrogen-bond acceptors (Lipinski definition) is 1. The van der Waals surface area contributed by atoms with Crippen LogP contribution in [0.25, 0.3) is 11.1 Å². The molecule has 0 saturated heterocycles. The summed E-state index contributed by atoms with van der Waals surface area (Å²) in [5.74, 6) is 2.87. The first-order valence-electron chi connectivity index (χ1n) is 25.6. The molecule has 1 heterocycles.